The lowest BCUT2D eigenvalue weighted by Gasteiger charge is -2.21. The highest BCUT2D eigenvalue weighted by atomic mass is 32.2. The van der Waals surface area contributed by atoms with Gasteiger partial charge in [-0.15, -0.1) is 0 Å². The number of ether oxygens (including phenoxy) is 1. The van der Waals surface area contributed by atoms with Crippen LogP contribution in [-0.4, -0.2) is 48.2 Å². The molecule has 0 saturated carbocycles. The second-order valence-electron chi connectivity index (χ2n) is 7.18. The maximum atomic E-state index is 12.5. The number of hydrogen-bond acceptors (Lipinski definition) is 7. The van der Waals surface area contributed by atoms with Crippen molar-refractivity contribution in [3.05, 3.63) is 52.4 Å². The topological polar surface area (TPSA) is 120 Å². The van der Waals surface area contributed by atoms with E-state index in [4.69, 9.17) is 4.74 Å². The monoisotopic (exact) mass is 407 g/mol. The summed E-state index contributed by atoms with van der Waals surface area (Å²) in [6.07, 6.45) is 0.405. The van der Waals surface area contributed by atoms with Gasteiger partial charge in [0.2, 0.25) is 0 Å². The molecule has 152 valence electrons. The number of methoxy groups -OCH3 is 1. The van der Waals surface area contributed by atoms with Crippen molar-refractivity contribution in [2.75, 3.05) is 7.11 Å². The Morgan fingerprint density at radius 1 is 1.39 bits per heavy atom. The van der Waals surface area contributed by atoms with Crippen molar-refractivity contribution < 1.29 is 19.5 Å². The molecule has 0 bridgehead atoms. The molecule has 2 aromatic rings. The van der Waals surface area contributed by atoms with Crippen LogP contribution in [0.2, 0.25) is 0 Å². The zero-order valence-corrected chi connectivity index (χ0v) is 17.1. The molecule has 2 N–H and O–H groups in total. The fourth-order valence-electron chi connectivity index (χ4n) is 2.33. The number of phenols is 1. The molecule has 8 nitrogen and oxygen atoms in total. The van der Waals surface area contributed by atoms with Crippen molar-refractivity contribution in [1.82, 2.24) is 9.78 Å². The molecule has 0 amide bonds. The Hall–Kier alpha value is -2.36. The van der Waals surface area contributed by atoms with Crippen LogP contribution < -0.4 is 10.3 Å². The molecule has 1 aromatic heterocycles. The molecule has 0 aliphatic carbocycles. The minimum atomic E-state index is -1.60. The van der Waals surface area contributed by atoms with Crippen LogP contribution in [0.25, 0.3) is 0 Å². The van der Waals surface area contributed by atoms with E-state index in [1.807, 2.05) is 0 Å². The zero-order chi connectivity index (χ0) is 20.9. The predicted molar refractivity (Wildman–Crippen MR) is 108 cm³/mol. The second kappa shape index (κ2) is 9.22. The van der Waals surface area contributed by atoms with Crippen molar-refractivity contribution in [3.8, 4) is 11.5 Å². The predicted octanol–water partition coefficient (Wildman–Crippen LogP) is 1.66. The Balaban J connectivity index is 2.34. The summed E-state index contributed by atoms with van der Waals surface area (Å²) in [5.41, 5.74) is 0.265. The average molecular weight is 407 g/mol. The first kappa shape index (κ1) is 21.9. The van der Waals surface area contributed by atoms with E-state index in [2.05, 4.69) is 9.50 Å². The summed E-state index contributed by atoms with van der Waals surface area (Å²) in [7, 11) is 1.48. The maximum Gasteiger partial charge on any atom is 0.266 e. The SMILES string of the molecule is COc1ccc(C(C[C@H](O)Cn2ncccc2=O)=N[S+]([O-])C(C)(C)C)c(O)c1. The Kier molecular flexibility index (Phi) is 7.22. The highest BCUT2D eigenvalue weighted by Crippen LogP contribution is 2.27. The molecule has 0 aliphatic heterocycles. The van der Waals surface area contributed by atoms with E-state index in [9.17, 15) is 19.6 Å². The lowest BCUT2D eigenvalue weighted by molar-refractivity contribution is 0.154. The first-order valence-electron chi connectivity index (χ1n) is 8.69. The molecule has 0 spiro atoms. The molecule has 0 fully saturated rings. The van der Waals surface area contributed by atoms with Gasteiger partial charge in [-0.05, 0) is 39.0 Å². The van der Waals surface area contributed by atoms with Crippen LogP contribution in [0.3, 0.4) is 0 Å². The first-order valence-corrected chi connectivity index (χ1v) is 9.79. The van der Waals surface area contributed by atoms with Gasteiger partial charge in [-0.25, -0.2) is 4.68 Å². The van der Waals surface area contributed by atoms with E-state index >= 15 is 0 Å². The quantitative estimate of drug-likeness (QED) is 0.532. The van der Waals surface area contributed by atoms with E-state index in [1.165, 1.54) is 31.5 Å². The van der Waals surface area contributed by atoms with E-state index in [-0.39, 0.29) is 30.0 Å². The van der Waals surface area contributed by atoms with E-state index < -0.39 is 22.2 Å². The van der Waals surface area contributed by atoms with Crippen LogP contribution in [-0.2, 0) is 17.9 Å². The fraction of sp³-hybridized carbons (Fsp3) is 0.421. The van der Waals surface area contributed by atoms with Crippen LogP contribution in [0.5, 0.6) is 11.5 Å². The number of rotatable bonds is 7. The van der Waals surface area contributed by atoms with Crippen molar-refractivity contribution in [2.45, 2.75) is 44.6 Å². The molecule has 0 aliphatic rings. The van der Waals surface area contributed by atoms with Gasteiger partial charge in [-0.1, -0.05) is 4.40 Å². The van der Waals surface area contributed by atoms with Crippen molar-refractivity contribution in [3.63, 3.8) is 0 Å². The van der Waals surface area contributed by atoms with Crippen molar-refractivity contribution in [2.24, 2.45) is 4.40 Å². The summed E-state index contributed by atoms with van der Waals surface area (Å²) < 4.78 is 22.4. The molecule has 1 unspecified atom stereocenters. The van der Waals surface area contributed by atoms with Gasteiger partial charge in [-0.3, -0.25) is 4.79 Å². The summed E-state index contributed by atoms with van der Waals surface area (Å²) in [6, 6.07) is 7.51. The van der Waals surface area contributed by atoms with Gasteiger partial charge in [0.05, 0.1) is 19.8 Å². The molecule has 2 rings (SSSR count). The fourth-order valence-corrected chi connectivity index (χ4v) is 2.97. The number of benzene rings is 1. The number of aromatic nitrogens is 2. The summed E-state index contributed by atoms with van der Waals surface area (Å²) in [6.45, 7) is 5.28. The number of aromatic hydroxyl groups is 1. The van der Waals surface area contributed by atoms with Gasteiger partial charge in [0.25, 0.3) is 5.56 Å². The third kappa shape index (κ3) is 5.82. The first-order chi connectivity index (χ1) is 13.1. The van der Waals surface area contributed by atoms with Crippen LogP contribution >= 0.6 is 0 Å². The molecule has 2 atom stereocenters. The van der Waals surface area contributed by atoms with Gasteiger partial charge >= 0.3 is 0 Å². The number of aliphatic hydroxyl groups is 1. The Bertz CT molecular complexity index is 892. The summed E-state index contributed by atoms with van der Waals surface area (Å²) in [5, 5.41) is 24.7. The van der Waals surface area contributed by atoms with Crippen LogP contribution in [0.15, 0.2) is 45.7 Å². The molecule has 1 aromatic carbocycles. The van der Waals surface area contributed by atoms with Gasteiger partial charge in [-0.2, -0.15) is 5.10 Å². The molecule has 0 saturated heterocycles. The third-order valence-corrected chi connectivity index (χ3v) is 5.26. The number of nitrogens with zero attached hydrogens (tertiary/aromatic N) is 3. The van der Waals surface area contributed by atoms with E-state index in [0.717, 1.165) is 4.68 Å². The second-order valence-corrected chi connectivity index (χ2v) is 9.09. The van der Waals surface area contributed by atoms with Crippen molar-refractivity contribution in [1.29, 1.82) is 0 Å². The smallest absolute Gasteiger partial charge is 0.266 e. The zero-order valence-electron chi connectivity index (χ0n) is 16.3. The Morgan fingerprint density at radius 2 is 2.11 bits per heavy atom. The minimum Gasteiger partial charge on any atom is -0.591 e. The molecule has 0 radical (unpaired) electrons. The van der Waals surface area contributed by atoms with Crippen LogP contribution in [0.1, 0.15) is 32.8 Å². The molecule has 1 heterocycles. The van der Waals surface area contributed by atoms with E-state index in [0.29, 0.717) is 11.3 Å². The van der Waals surface area contributed by atoms with Crippen LogP contribution in [0.4, 0.5) is 0 Å². The largest absolute Gasteiger partial charge is 0.591 e. The standard InChI is InChI=1S/C19H25N3O5S/c1-19(2,3)28(26)21-16(15-8-7-14(27-4)11-17(15)24)10-13(23)12-22-18(25)6-5-9-20-22/h5-9,11,13,23-24H,10,12H2,1-4H3/t13-,28?/m0/s1. The van der Waals surface area contributed by atoms with Crippen LogP contribution in [0, 0.1) is 0 Å². The number of hydrogen-bond donors (Lipinski definition) is 2. The average Bonchev–Trinajstić information content (AvgIpc) is 2.62. The van der Waals surface area contributed by atoms with Gasteiger partial charge in [0, 0.05) is 30.3 Å². The summed E-state index contributed by atoms with van der Waals surface area (Å²) in [4.78, 5) is 11.8. The van der Waals surface area contributed by atoms with Gasteiger partial charge in [0.1, 0.15) is 33.3 Å². The Morgan fingerprint density at radius 3 is 2.68 bits per heavy atom. The molecule has 9 heteroatoms. The van der Waals surface area contributed by atoms with Crippen molar-refractivity contribution >= 4 is 17.1 Å². The maximum absolute atomic E-state index is 12.5. The molecule has 28 heavy (non-hydrogen) atoms. The summed E-state index contributed by atoms with van der Waals surface area (Å²) >= 11 is -1.60. The Labute approximate surface area is 166 Å². The lowest BCUT2D eigenvalue weighted by Crippen LogP contribution is -2.31. The molecular formula is C19H25N3O5S. The molecular weight excluding hydrogens is 382 g/mol. The minimum absolute atomic E-state index is 0.0231. The third-order valence-electron chi connectivity index (χ3n) is 3.83. The number of phenolic OH excluding ortho intramolecular Hbond substituents is 1. The summed E-state index contributed by atoms with van der Waals surface area (Å²) in [5.74, 6) is 0.351. The number of aliphatic hydroxyl groups excluding tert-OH is 1. The van der Waals surface area contributed by atoms with Gasteiger partial charge in [0.15, 0.2) is 0 Å². The lowest BCUT2D eigenvalue weighted by atomic mass is 10.0. The normalized spacial score (nSPS) is 14.6. The van der Waals surface area contributed by atoms with E-state index in [1.54, 1.807) is 32.9 Å². The highest BCUT2D eigenvalue weighted by Gasteiger charge is 2.29. The highest BCUT2D eigenvalue weighted by molar-refractivity contribution is 7.91. The van der Waals surface area contributed by atoms with Gasteiger partial charge < -0.3 is 19.5 Å².